The molecule has 0 heterocycles. The maximum Gasteiger partial charge on any atom is 0.373 e. The van der Waals surface area contributed by atoms with Crippen LogP contribution in [0.4, 0.5) is 0 Å². The molecule has 0 aliphatic carbocycles. The van der Waals surface area contributed by atoms with Crippen molar-refractivity contribution in [2.75, 3.05) is 0 Å². The molecule has 3 heteroatoms. The average molecular weight is 277 g/mol. The van der Waals surface area contributed by atoms with Crippen molar-refractivity contribution in [1.29, 1.82) is 0 Å². The first-order chi connectivity index (χ1) is 9.56. The van der Waals surface area contributed by atoms with Crippen LogP contribution in [0.1, 0.15) is 61.0 Å². The molecule has 0 spiro atoms. The van der Waals surface area contributed by atoms with Gasteiger partial charge in [-0.1, -0.05) is 50.3 Å². The van der Waals surface area contributed by atoms with Gasteiger partial charge in [-0.15, -0.1) is 0 Å². The van der Waals surface area contributed by atoms with E-state index in [1.807, 2.05) is 19.9 Å². The van der Waals surface area contributed by atoms with Gasteiger partial charge in [-0.25, -0.2) is 4.79 Å². The summed E-state index contributed by atoms with van der Waals surface area (Å²) < 4.78 is 0. The summed E-state index contributed by atoms with van der Waals surface area (Å²) in [6.07, 6.45) is 4.37. The van der Waals surface area contributed by atoms with Gasteiger partial charge in [-0.05, 0) is 38.3 Å². The van der Waals surface area contributed by atoms with Crippen LogP contribution in [-0.2, 0) is 9.78 Å². The van der Waals surface area contributed by atoms with Crippen LogP contribution in [0.5, 0.6) is 0 Å². The summed E-state index contributed by atoms with van der Waals surface area (Å²) in [5, 5.41) is 0. The van der Waals surface area contributed by atoms with E-state index in [-0.39, 0.29) is 0 Å². The van der Waals surface area contributed by atoms with Crippen LogP contribution in [0.15, 0.2) is 18.2 Å². The molecule has 1 unspecified atom stereocenters. The lowest BCUT2D eigenvalue weighted by Crippen LogP contribution is -2.09. The minimum absolute atomic E-state index is 0.335. The van der Waals surface area contributed by atoms with Crippen molar-refractivity contribution in [2.45, 2.75) is 53.4 Å². The van der Waals surface area contributed by atoms with E-state index in [0.29, 0.717) is 11.5 Å². The molecule has 1 radical (unpaired) electrons. The van der Waals surface area contributed by atoms with E-state index in [1.165, 1.54) is 0 Å². The second-order valence-electron chi connectivity index (χ2n) is 5.29. The SMILES string of the molecule is CCCCC([CH]OOC(=O)c1cc(C)cc(C)c1)CC. The van der Waals surface area contributed by atoms with Crippen LogP contribution >= 0.6 is 0 Å². The Kier molecular flexibility index (Phi) is 7.31. The Morgan fingerprint density at radius 1 is 1.20 bits per heavy atom. The molecule has 1 rings (SSSR count). The summed E-state index contributed by atoms with van der Waals surface area (Å²) in [5.41, 5.74) is 2.60. The zero-order chi connectivity index (χ0) is 15.0. The lowest BCUT2D eigenvalue weighted by molar-refractivity contribution is -0.219. The fourth-order valence-electron chi connectivity index (χ4n) is 2.13. The van der Waals surface area contributed by atoms with Crippen molar-refractivity contribution < 1.29 is 14.6 Å². The first-order valence-corrected chi connectivity index (χ1v) is 7.36. The molecule has 0 amide bonds. The third-order valence-electron chi connectivity index (χ3n) is 3.28. The molecule has 0 fully saturated rings. The van der Waals surface area contributed by atoms with Crippen molar-refractivity contribution >= 4 is 5.97 Å². The maximum absolute atomic E-state index is 11.9. The molecule has 1 aromatic rings. The van der Waals surface area contributed by atoms with Gasteiger partial charge in [0.2, 0.25) is 0 Å². The molecule has 3 nitrogen and oxygen atoms in total. The van der Waals surface area contributed by atoms with E-state index in [1.54, 1.807) is 18.7 Å². The summed E-state index contributed by atoms with van der Waals surface area (Å²) in [7, 11) is 0. The van der Waals surface area contributed by atoms with Crippen LogP contribution in [0.25, 0.3) is 0 Å². The molecule has 0 saturated heterocycles. The highest BCUT2D eigenvalue weighted by atomic mass is 17.2. The quantitative estimate of drug-likeness (QED) is 0.507. The summed E-state index contributed by atoms with van der Waals surface area (Å²) in [6, 6.07) is 5.61. The van der Waals surface area contributed by atoms with Gasteiger partial charge in [0.05, 0.1) is 5.56 Å². The third-order valence-corrected chi connectivity index (χ3v) is 3.28. The Morgan fingerprint density at radius 2 is 1.85 bits per heavy atom. The van der Waals surface area contributed by atoms with Gasteiger partial charge in [0.15, 0.2) is 0 Å². The highest BCUT2D eigenvalue weighted by molar-refractivity contribution is 5.89. The Labute approximate surface area is 122 Å². The van der Waals surface area contributed by atoms with Crippen molar-refractivity contribution in [3.63, 3.8) is 0 Å². The van der Waals surface area contributed by atoms with Gasteiger partial charge in [0.25, 0.3) is 0 Å². The summed E-state index contributed by atoms with van der Waals surface area (Å²) in [6.45, 7) is 9.80. The van der Waals surface area contributed by atoms with E-state index in [2.05, 4.69) is 13.8 Å². The van der Waals surface area contributed by atoms with Crippen molar-refractivity contribution in [2.24, 2.45) is 5.92 Å². The van der Waals surface area contributed by atoms with Crippen LogP contribution in [0, 0.1) is 26.4 Å². The fraction of sp³-hybridized carbons (Fsp3) is 0.529. The minimum Gasteiger partial charge on any atom is -0.292 e. The summed E-state index contributed by atoms with van der Waals surface area (Å²) in [4.78, 5) is 21.7. The van der Waals surface area contributed by atoms with E-state index < -0.39 is 5.97 Å². The predicted octanol–water partition coefficient (Wildman–Crippen LogP) is 4.77. The summed E-state index contributed by atoms with van der Waals surface area (Å²) in [5.74, 6) is -0.111. The lowest BCUT2D eigenvalue weighted by atomic mass is 10.0. The average Bonchev–Trinajstić information content (AvgIpc) is 2.41. The third kappa shape index (κ3) is 5.74. The number of aryl methyl sites for hydroxylation is 2. The van der Waals surface area contributed by atoms with Gasteiger partial charge < -0.3 is 0 Å². The second kappa shape index (κ2) is 8.75. The number of rotatable bonds is 8. The highest BCUT2D eigenvalue weighted by Crippen LogP contribution is 2.17. The number of hydrogen-bond acceptors (Lipinski definition) is 3. The second-order valence-corrected chi connectivity index (χ2v) is 5.29. The lowest BCUT2D eigenvalue weighted by Gasteiger charge is -2.12. The van der Waals surface area contributed by atoms with E-state index in [4.69, 9.17) is 9.78 Å². The van der Waals surface area contributed by atoms with Crippen molar-refractivity contribution in [1.82, 2.24) is 0 Å². The first kappa shape index (κ1) is 16.7. The molecular weight excluding hydrogens is 252 g/mol. The molecule has 0 aliphatic rings. The molecule has 0 bridgehead atoms. The Bertz CT molecular complexity index is 406. The highest BCUT2D eigenvalue weighted by Gasteiger charge is 2.12. The standard InChI is InChI=1S/C17H25O3/c1-5-7-8-15(6-2)12-19-20-17(18)16-10-13(3)9-14(4)11-16/h9-12,15H,5-8H2,1-4H3. The van der Waals surface area contributed by atoms with E-state index in [0.717, 1.165) is 36.8 Å². The monoisotopic (exact) mass is 277 g/mol. The van der Waals surface area contributed by atoms with Crippen LogP contribution in [0.2, 0.25) is 0 Å². The van der Waals surface area contributed by atoms with Gasteiger partial charge in [0.1, 0.15) is 6.61 Å². The van der Waals surface area contributed by atoms with Gasteiger partial charge in [-0.3, -0.25) is 4.89 Å². The molecule has 1 atom stereocenters. The fourth-order valence-corrected chi connectivity index (χ4v) is 2.13. The van der Waals surface area contributed by atoms with Gasteiger partial charge in [-0.2, -0.15) is 4.89 Å². The number of hydrogen-bond donors (Lipinski definition) is 0. The molecule has 1 aromatic carbocycles. The normalized spacial score (nSPS) is 12.2. The molecule has 0 N–H and O–H groups in total. The smallest absolute Gasteiger partial charge is 0.292 e. The zero-order valence-electron chi connectivity index (χ0n) is 12.9. The van der Waals surface area contributed by atoms with Gasteiger partial charge >= 0.3 is 5.97 Å². The maximum atomic E-state index is 11.9. The molecular formula is C17H25O3. The number of carbonyl (C=O) groups excluding carboxylic acids is 1. The predicted molar refractivity (Wildman–Crippen MR) is 80.0 cm³/mol. The number of unbranched alkanes of at least 4 members (excludes halogenated alkanes) is 1. The molecule has 20 heavy (non-hydrogen) atoms. The Hall–Kier alpha value is -1.35. The molecule has 0 aromatic heterocycles. The molecule has 0 saturated carbocycles. The first-order valence-electron chi connectivity index (χ1n) is 7.36. The van der Waals surface area contributed by atoms with Crippen LogP contribution in [-0.4, -0.2) is 5.97 Å². The number of carbonyl (C=O) groups is 1. The van der Waals surface area contributed by atoms with Gasteiger partial charge in [0, 0.05) is 0 Å². The van der Waals surface area contributed by atoms with Crippen molar-refractivity contribution in [3.8, 4) is 0 Å². The van der Waals surface area contributed by atoms with Crippen molar-refractivity contribution in [3.05, 3.63) is 41.5 Å². The molecule has 0 aliphatic heterocycles. The van der Waals surface area contributed by atoms with Crippen LogP contribution in [0.3, 0.4) is 0 Å². The molecule has 111 valence electrons. The number of benzene rings is 1. The van der Waals surface area contributed by atoms with Crippen LogP contribution < -0.4 is 0 Å². The minimum atomic E-state index is -0.446. The topological polar surface area (TPSA) is 35.5 Å². The Morgan fingerprint density at radius 3 is 2.40 bits per heavy atom. The van der Waals surface area contributed by atoms with E-state index >= 15 is 0 Å². The summed E-state index contributed by atoms with van der Waals surface area (Å²) >= 11 is 0. The van der Waals surface area contributed by atoms with E-state index in [9.17, 15) is 4.79 Å². The Balaban J connectivity index is 2.42. The largest absolute Gasteiger partial charge is 0.373 e. The zero-order valence-corrected chi connectivity index (χ0v) is 12.9.